The summed E-state index contributed by atoms with van der Waals surface area (Å²) >= 11 is 0. The lowest BCUT2D eigenvalue weighted by atomic mass is 10.2. The summed E-state index contributed by atoms with van der Waals surface area (Å²) in [5, 5.41) is 22.3. The predicted octanol–water partition coefficient (Wildman–Crippen LogP) is 1.39. The van der Waals surface area contributed by atoms with Crippen molar-refractivity contribution in [3.05, 3.63) is 34.4 Å². The van der Waals surface area contributed by atoms with Gasteiger partial charge in [-0.05, 0) is 13.0 Å². The summed E-state index contributed by atoms with van der Waals surface area (Å²) in [5.74, 6) is 0. The summed E-state index contributed by atoms with van der Waals surface area (Å²) in [4.78, 5) is 9.97. The van der Waals surface area contributed by atoms with Crippen molar-refractivity contribution in [3.8, 4) is 0 Å². The molecule has 0 aliphatic heterocycles. The number of nitro groups is 1. The van der Waals surface area contributed by atoms with Gasteiger partial charge in [-0.1, -0.05) is 6.07 Å². The monoisotopic (exact) mass is 196 g/mol. The molecule has 1 rings (SSSR count). The Labute approximate surface area is 81.5 Å². The van der Waals surface area contributed by atoms with Gasteiger partial charge in [0.2, 0.25) is 0 Å². The molecule has 0 saturated carbocycles. The first-order valence-corrected chi connectivity index (χ1v) is 4.26. The highest BCUT2D eigenvalue weighted by Gasteiger charge is 2.05. The van der Waals surface area contributed by atoms with E-state index >= 15 is 0 Å². The van der Waals surface area contributed by atoms with E-state index in [4.69, 9.17) is 5.11 Å². The van der Waals surface area contributed by atoms with Crippen LogP contribution in [0.2, 0.25) is 0 Å². The number of nitro benzene ring substituents is 1. The van der Waals surface area contributed by atoms with Crippen LogP contribution in [0.3, 0.4) is 0 Å². The van der Waals surface area contributed by atoms with E-state index in [9.17, 15) is 10.1 Å². The smallest absolute Gasteiger partial charge is 0.271 e. The van der Waals surface area contributed by atoms with E-state index in [-0.39, 0.29) is 5.69 Å². The number of benzene rings is 1. The number of hydrogen-bond donors (Lipinski definition) is 2. The molecule has 0 amide bonds. The van der Waals surface area contributed by atoms with Crippen LogP contribution in [0.4, 0.5) is 11.4 Å². The van der Waals surface area contributed by atoms with Gasteiger partial charge in [0, 0.05) is 24.4 Å². The van der Waals surface area contributed by atoms with Crippen LogP contribution in [0.5, 0.6) is 0 Å². The third kappa shape index (κ3) is 3.02. The zero-order valence-corrected chi connectivity index (χ0v) is 7.80. The maximum atomic E-state index is 10.4. The van der Waals surface area contributed by atoms with Gasteiger partial charge < -0.3 is 10.4 Å². The van der Waals surface area contributed by atoms with Gasteiger partial charge in [-0.15, -0.1) is 0 Å². The summed E-state index contributed by atoms with van der Waals surface area (Å²) in [7, 11) is 0. The standard InChI is InChI=1S/C9H12N2O3/c1-7(12)6-10-8-3-2-4-9(5-8)11(13)14/h2-5,7,10,12H,6H2,1H3/t7-/m1/s1. The predicted molar refractivity (Wildman–Crippen MR) is 53.3 cm³/mol. The van der Waals surface area contributed by atoms with Gasteiger partial charge in [0.15, 0.2) is 0 Å². The Balaban J connectivity index is 2.69. The lowest BCUT2D eigenvalue weighted by molar-refractivity contribution is -0.384. The van der Waals surface area contributed by atoms with Crippen LogP contribution >= 0.6 is 0 Å². The Morgan fingerprint density at radius 2 is 2.36 bits per heavy atom. The first-order valence-electron chi connectivity index (χ1n) is 4.26. The van der Waals surface area contributed by atoms with Crippen LogP contribution in [-0.4, -0.2) is 22.7 Å². The second-order valence-electron chi connectivity index (χ2n) is 3.04. The van der Waals surface area contributed by atoms with Crippen LogP contribution in [0.1, 0.15) is 6.92 Å². The third-order valence-electron chi connectivity index (χ3n) is 1.66. The molecule has 0 fully saturated rings. The Morgan fingerprint density at radius 1 is 1.64 bits per heavy atom. The van der Waals surface area contributed by atoms with E-state index in [0.29, 0.717) is 12.2 Å². The average molecular weight is 196 g/mol. The van der Waals surface area contributed by atoms with Crippen molar-refractivity contribution < 1.29 is 10.0 Å². The Bertz CT molecular complexity index is 326. The zero-order valence-electron chi connectivity index (χ0n) is 7.80. The molecule has 0 radical (unpaired) electrons. The van der Waals surface area contributed by atoms with Crippen molar-refractivity contribution in [2.75, 3.05) is 11.9 Å². The molecule has 0 heterocycles. The van der Waals surface area contributed by atoms with Crippen molar-refractivity contribution in [1.29, 1.82) is 0 Å². The number of anilines is 1. The second-order valence-corrected chi connectivity index (χ2v) is 3.04. The highest BCUT2D eigenvalue weighted by Crippen LogP contribution is 2.16. The number of rotatable bonds is 4. The van der Waals surface area contributed by atoms with E-state index in [0.717, 1.165) is 0 Å². The lowest BCUT2D eigenvalue weighted by Crippen LogP contribution is -2.15. The number of nitrogens with zero attached hydrogens (tertiary/aromatic N) is 1. The van der Waals surface area contributed by atoms with Crippen LogP contribution in [0.25, 0.3) is 0 Å². The van der Waals surface area contributed by atoms with Crippen LogP contribution in [0.15, 0.2) is 24.3 Å². The molecule has 14 heavy (non-hydrogen) atoms. The van der Waals surface area contributed by atoms with Crippen LogP contribution in [0, 0.1) is 10.1 Å². The van der Waals surface area contributed by atoms with Crippen molar-refractivity contribution in [2.45, 2.75) is 13.0 Å². The highest BCUT2D eigenvalue weighted by molar-refractivity contribution is 5.50. The molecular formula is C9H12N2O3. The van der Waals surface area contributed by atoms with E-state index in [1.807, 2.05) is 0 Å². The Kier molecular flexibility index (Phi) is 3.41. The summed E-state index contributed by atoms with van der Waals surface area (Å²) in [5.41, 5.74) is 0.681. The SMILES string of the molecule is C[C@@H](O)CNc1cccc([N+](=O)[O-])c1. The molecular weight excluding hydrogens is 184 g/mol. The van der Waals surface area contributed by atoms with Gasteiger partial charge >= 0.3 is 0 Å². The van der Waals surface area contributed by atoms with Crippen molar-refractivity contribution in [2.24, 2.45) is 0 Å². The zero-order chi connectivity index (χ0) is 10.6. The number of hydrogen-bond acceptors (Lipinski definition) is 4. The first-order chi connectivity index (χ1) is 6.59. The quantitative estimate of drug-likeness (QED) is 0.563. The topological polar surface area (TPSA) is 75.4 Å². The minimum Gasteiger partial charge on any atom is -0.392 e. The van der Waals surface area contributed by atoms with Gasteiger partial charge in [0.1, 0.15) is 0 Å². The lowest BCUT2D eigenvalue weighted by Gasteiger charge is -2.07. The molecule has 0 aliphatic carbocycles. The second kappa shape index (κ2) is 4.57. The molecule has 5 nitrogen and oxygen atoms in total. The maximum absolute atomic E-state index is 10.4. The molecule has 76 valence electrons. The number of aliphatic hydroxyl groups excluding tert-OH is 1. The van der Waals surface area contributed by atoms with Gasteiger partial charge in [-0.3, -0.25) is 10.1 Å². The van der Waals surface area contributed by atoms with Gasteiger partial charge in [0.05, 0.1) is 11.0 Å². The van der Waals surface area contributed by atoms with Crippen molar-refractivity contribution in [1.82, 2.24) is 0 Å². The highest BCUT2D eigenvalue weighted by atomic mass is 16.6. The Hall–Kier alpha value is -1.62. The molecule has 5 heteroatoms. The van der Waals surface area contributed by atoms with Gasteiger partial charge in [-0.2, -0.15) is 0 Å². The maximum Gasteiger partial charge on any atom is 0.271 e. The molecule has 1 aromatic carbocycles. The Morgan fingerprint density at radius 3 is 2.93 bits per heavy atom. The van der Waals surface area contributed by atoms with E-state index in [2.05, 4.69) is 5.32 Å². The largest absolute Gasteiger partial charge is 0.392 e. The summed E-state index contributed by atoms with van der Waals surface area (Å²) < 4.78 is 0. The molecule has 0 bridgehead atoms. The fraction of sp³-hybridized carbons (Fsp3) is 0.333. The summed E-state index contributed by atoms with van der Waals surface area (Å²) in [6, 6.07) is 6.17. The minimum atomic E-state index is -0.478. The summed E-state index contributed by atoms with van der Waals surface area (Å²) in [6.45, 7) is 2.02. The normalized spacial score (nSPS) is 12.1. The molecule has 0 unspecified atom stereocenters. The fourth-order valence-electron chi connectivity index (χ4n) is 0.995. The first kappa shape index (κ1) is 10.5. The van der Waals surface area contributed by atoms with Gasteiger partial charge in [-0.25, -0.2) is 0 Å². The average Bonchev–Trinajstić information content (AvgIpc) is 2.15. The molecule has 0 spiro atoms. The van der Waals surface area contributed by atoms with Crippen molar-refractivity contribution in [3.63, 3.8) is 0 Å². The third-order valence-corrected chi connectivity index (χ3v) is 1.66. The van der Waals surface area contributed by atoms with Crippen molar-refractivity contribution >= 4 is 11.4 Å². The minimum absolute atomic E-state index is 0.0422. The van der Waals surface area contributed by atoms with Crippen LogP contribution in [-0.2, 0) is 0 Å². The fourth-order valence-corrected chi connectivity index (χ4v) is 0.995. The van der Waals surface area contributed by atoms with Crippen LogP contribution < -0.4 is 5.32 Å². The molecule has 2 N–H and O–H groups in total. The van der Waals surface area contributed by atoms with E-state index in [1.54, 1.807) is 19.1 Å². The number of nitrogens with one attached hydrogen (secondary N) is 1. The molecule has 0 aliphatic rings. The summed E-state index contributed by atoms with van der Waals surface area (Å²) in [6.07, 6.45) is -0.478. The molecule has 1 aromatic rings. The number of non-ortho nitro benzene ring substituents is 1. The molecule has 0 saturated heterocycles. The van der Waals surface area contributed by atoms with E-state index < -0.39 is 11.0 Å². The van der Waals surface area contributed by atoms with E-state index in [1.165, 1.54) is 12.1 Å². The molecule has 1 atom stereocenters. The number of aliphatic hydroxyl groups is 1. The van der Waals surface area contributed by atoms with Gasteiger partial charge in [0.25, 0.3) is 5.69 Å². The molecule has 0 aromatic heterocycles.